The topological polar surface area (TPSA) is 91.5 Å². The molecule has 2 aromatic carbocycles. The minimum atomic E-state index is -3.69. The van der Waals surface area contributed by atoms with Gasteiger partial charge in [0.2, 0.25) is 10.0 Å². The van der Waals surface area contributed by atoms with E-state index in [1.807, 2.05) is 24.3 Å². The van der Waals surface area contributed by atoms with E-state index in [9.17, 15) is 13.2 Å². The third kappa shape index (κ3) is 3.61. The molecule has 2 N–H and O–H groups in total. The van der Waals surface area contributed by atoms with Crippen LogP contribution in [0.3, 0.4) is 0 Å². The Bertz CT molecular complexity index is 1120. The summed E-state index contributed by atoms with van der Waals surface area (Å²) in [4.78, 5) is 16.0. The number of hydrogen-bond donors (Lipinski definition) is 2. The quantitative estimate of drug-likeness (QED) is 0.594. The van der Waals surface area contributed by atoms with Gasteiger partial charge in [-0.3, -0.25) is 4.79 Å². The van der Waals surface area contributed by atoms with E-state index < -0.39 is 16.1 Å². The molecule has 0 amide bonds. The Balaban J connectivity index is 1.90. The second-order valence-electron chi connectivity index (χ2n) is 6.63. The lowest BCUT2D eigenvalue weighted by Gasteiger charge is -2.18. The molecule has 7 nitrogen and oxygen atoms in total. The van der Waals surface area contributed by atoms with Gasteiger partial charge in [0.05, 0.1) is 13.2 Å². The number of methoxy groups -OCH3 is 1. The van der Waals surface area contributed by atoms with Crippen LogP contribution >= 0.6 is 0 Å². The maximum absolute atomic E-state index is 12.9. The van der Waals surface area contributed by atoms with E-state index in [1.165, 1.54) is 27.3 Å². The van der Waals surface area contributed by atoms with E-state index in [4.69, 9.17) is 4.74 Å². The minimum absolute atomic E-state index is 0.0387. The molecule has 0 radical (unpaired) electrons. The van der Waals surface area contributed by atoms with E-state index in [0.717, 1.165) is 15.2 Å². The van der Waals surface area contributed by atoms with Gasteiger partial charge in [0.25, 0.3) is 0 Å². The van der Waals surface area contributed by atoms with Crippen LogP contribution in [0.4, 0.5) is 5.69 Å². The van der Waals surface area contributed by atoms with Crippen molar-refractivity contribution in [2.45, 2.75) is 17.9 Å². The molecular formula is C20H23N3O4S. The maximum atomic E-state index is 12.9. The second kappa shape index (κ2) is 7.65. The number of sulfonamides is 1. The number of hydrogen-bond acceptors (Lipinski definition) is 5. The summed E-state index contributed by atoms with van der Waals surface area (Å²) in [5.74, 6) is 0.153. The molecule has 0 spiro atoms. The Morgan fingerprint density at radius 2 is 1.89 bits per heavy atom. The Morgan fingerprint density at radius 1 is 1.18 bits per heavy atom. The molecule has 8 heteroatoms. The molecule has 0 bridgehead atoms. The third-order valence-corrected chi connectivity index (χ3v) is 6.39. The van der Waals surface area contributed by atoms with Crippen LogP contribution in [0.5, 0.6) is 5.75 Å². The van der Waals surface area contributed by atoms with Crippen LogP contribution in [0.2, 0.25) is 0 Å². The van der Waals surface area contributed by atoms with Crippen molar-refractivity contribution in [3.8, 4) is 5.75 Å². The average molecular weight is 401 g/mol. The number of rotatable bonds is 7. The molecule has 0 aliphatic rings. The molecule has 3 aromatic rings. The SMILES string of the molecule is COc1ccc(NC(C)C(=O)c2c[nH]c3ccccc23)cc1S(=O)(=O)N(C)C. The fraction of sp³-hybridized carbons (Fsp3) is 0.250. The highest BCUT2D eigenvalue weighted by Crippen LogP contribution is 2.29. The zero-order valence-electron chi connectivity index (χ0n) is 16.2. The van der Waals surface area contributed by atoms with Crippen LogP contribution in [0.1, 0.15) is 17.3 Å². The molecule has 0 saturated heterocycles. The number of carbonyl (C=O) groups excluding carboxylic acids is 1. The van der Waals surface area contributed by atoms with Crippen LogP contribution in [0.15, 0.2) is 53.6 Å². The number of H-pyrrole nitrogens is 1. The van der Waals surface area contributed by atoms with Crippen molar-refractivity contribution >= 4 is 32.4 Å². The molecule has 28 heavy (non-hydrogen) atoms. The number of fused-ring (bicyclic) bond motifs is 1. The summed E-state index contributed by atoms with van der Waals surface area (Å²) in [6.07, 6.45) is 1.70. The van der Waals surface area contributed by atoms with E-state index in [2.05, 4.69) is 10.3 Å². The molecule has 1 unspecified atom stereocenters. The molecule has 1 atom stereocenters. The fourth-order valence-corrected chi connectivity index (χ4v) is 4.06. The third-order valence-electron chi connectivity index (χ3n) is 4.55. The van der Waals surface area contributed by atoms with Gasteiger partial charge < -0.3 is 15.0 Å². The summed E-state index contributed by atoms with van der Waals surface area (Å²) in [5, 5.41) is 3.95. The first-order chi connectivity index (χ1) is 13.3. The Hall–Kier alpha value is -2.84. The van der Waals surface area contributed by atoms with Gasteiger partial charge in [0.1, 0.15) is 10.6 Å². The van der Waals surface area contributed by atoms with Crippen LogP contribution in [-0.4, -0.2) is 50.7 Å². The van der Waals surface area contributed by atoms with Gasteiger partial charge in [-0.1, -0.05) is 18.2 Å². The van der Waals surface area contributed by atoms with Crippen LogP contribution in [0.25, 0.3) is 10.9 Å². The lowest BCUT2D eigenvalue weighted by atomic mass is 10.0. The highest BCUT2D eigenvalue weighted by atomic mass is 32.2. The second-order valence-corrected chi connectivity index (χ2v) is 8.75. The van der Waals surface area contributed by atoms with Crippen LogP contribution in [0, 0.1) is 0 Å². The molecule has 1 heterocycles. The first kappa shape index (κ1) is 19.9. The normalized spacial score (nSPS) is 12.9. The lowest BCUT2D eigenvalue weighted by molar-refractivity contribution is 0.0977. The highest BCUT2D eigenvalue weighted by molar-refractivity contribution is 7.89. The number of anilines is 1. The van der Waals surface area contributed by atoms with Crippen LogP contribution in [-0.2, 0) is 10.0 Å². The van der Waals surface area contributed by atoms with Crippen molar-refractivity contribution in [3.05, 3.63) is 54.2 Å². The largest absolute Gasteiger partial charge is 0.495 e. The molecule has 0 aliphatic carbocycles. The molecule has 0 saturated carbocycles. The Labute approximate surface area is 164 Å². The summed E-state index contributed by atoms with van der Waals surface area (Å²) in [5.41, 5.74) is 1.99. The first-order valence-corrected chi connectivity index (χ1v) is 10.2. The Morgan fingerprint density at radius 3 is 2.57 bits per heavy atom. The maximum Gasteiger partial charge on any atom is 0.246 e. The summed E-state index contributed by atoms with van der Waals surface area (Å²) in [6, 6.07) is 11.8. The number of ketones is 1. The predicted octanol–water partition coefficient (Wildman–Crippen LogP) is 3.11. The number of benzene rings is 2. The number of para-hydroxylation sites is 1. The summed E-state index contributed by atoms with van der Waals surface area (Å²) in [7, 11) is 0.638. The number of aromatic nitrogens is 1. The van der Waals surface area contributed by atoms with Crippen molar-refractivity contribution in [2.24, 2.45) is 0 Å². The van der Waals surface area contributed by atoms with E-state index in [0.29, 0.717) is 11.3 Å². The number of nitrogens with zero attached hydrogens (tertiary/aromatic N) is 1. The zero-order chi connectivity index (χ0) is 20.5. The van der Waals surface area contributed by atoms with E-state index >= 15 is 0 Å². The van der Waals surface area contributed by atoms with Gasteiger partial charge in [-0.25, -0.2) is 12.7 Å². The molecule has 0 aliphatic heterocycles. The van der Waals surface area contributed by atoms with Crippen molar-refractivity contribution in [1.82, 2.24) is 9.29 Å². The molecular weight excluding hydrogens is 378 g/mol. The van der Waals surface area contributed by atoms with Gasteiger partial charge in [0, 0.05) is 42.4 Å². The van der Waals surface area contributed by atoms with Crippen LogP contribution < -0.4 is 10.1 Å². The number of ether oxygens (including phenoxy) is 1. The van der Waals surface area contributed by atoms with Gasteiger partial charge in [-0.15, -0.1) is 0 Å². The highest BCUT2D eigenvalue weighted by Gasteiger charge is 2.24. The number of carbonyl (C=O) groups is 1. The number of aromatic amines is 1. The fourth-order valence-electron chi connectivity index (χ4n) is 2.99. The molecule has 1 aromatic heterocycles. The van der Waals surface area contributed by atoms with E-state index in [-0.39, 0.29) is 16.4 Å². The lowest BCUT2D eigenvalue weighted by Crippen LogP contribution is -2.27. The summed E-state index contributed by atoms with van der Waals surface area (Å²) < 4.78 is 31.4. The van der Waals surface area contributed by atoms with Gasteiger partial charge in [-0.2, -0.15) is 0 Å². The zero-order valence-corrected chi connectivity index (χ0v) is 17.0. The molecule has 3 rings (SSSR count). The van der Waals surface area contributed by atoms with Crippen molar-refractivity contribution in [3.63, 3.8) is 0 Å². The Kier molecular flexibility index (Phi) is 5.44. The van der Waals surface area contributed by atoms with Crippen molar-refractivity contribution < 1.29 is 17.9 Å². The minimum Gasteiger partial charge on any atom is -0.495 e. The predicted molar refractivity (Wildman–Crippen MR) is 110 cm³/mol. The van der Waals surface area contributed by atoms with E-state index in [1.54, 1.807) is 25.3 Å². The molecule has 148 valence electrons. The first-order valence-electron chi connectivity index (χ1n) is 8.73. The molecule has 0 fully saturated rings. The van der Waals surface area contributed by atoms with Gasteiger partial charge >= 0.3 is 0 Å². The average Bonchev–Trinajstić information content (AvgIpc) is 3.11. The summed E-state index contributed by atoms with van der Waals surface area (Å²) in [6.45, 7) is 1.74. The monoisotopic (exact) mass is 401 g/mol. The van der Waals surface area contributed by atoms with Gasteiger partial charge in [-0.05, 0) is 31.2 Å². The van der Waals surface area contributed by atoms with Gasteiger partial charge in [0.15, 0.2) is 5.78 Å². The number of Topliss-reactive ketones (excluding diaryl/α,β-unsaturated/α-hetero) is 1. The van der Waals surface area contributed by atoms with Crippen molar-refractivity contribution in [1.29, 1.82) is 0 Å². The van der Waals surface area contributed by atoms with Crippen molar-refractivity contribution in [2.75, 3.05) is 26.5 Å². The number of nitrogens with one attached hydrogen (secondary N) is 2. The summed E-state index contributed by atoms with van der Waals surface area (Å²) >= 11 is 0. The standard InChI is InChI=1S/C20H23N3O4S/c1-13(20(24)16-12-21-17-8-6-5-7-15(16)17)22-14-9-10-18(27-4)19(11-14)28(25,26)23(2)3/h5-13,21-22H,1-4H3. The smallest absolute Gasteiger partial charge is 0.246 e.